The summed E-state index contributed by atoms with van der Waals surface area (Å²) in [6, 6.07) is 6.65. The Hall–Kier alpha value is -1.02. The highest BCUT2D eigenvalue weighted by molar-refractivity contribution is 5.43. The molecular weight excluding hydrogens is 198 g/mol. The number of benzene rings is 1. The maximum absolute atomic E-state index is 6.38. The van der Waals surface area contributed by atoms with Gasteiger partial charge >= 0.3 is 0 Å². The Kier molecular flexibility index (Phi) is 2.05. The molecule has 1 heterocycles. The minimum absolute atomic E-state index is 0.176. The van der Waals surface area contributed by atoms with Crippen molar-refractivity contribution in [3.63, 3.8) is 0 Å². The van der Waals surface area contributed by atoms with E-state index in [4.69, 9.17) is 10.5 Å². The molecule has 0 bridgehead atoms. The van der Waals surface area contributed by atoms with E-state index in [2.05, 4.69) is 32.0 Å². The van der Waals surface area contributed by atoms with E-state index in [1.807, 2.05) is 0 Å². The summed E-state index contributed by atoms with van der Waals surface area (Å²) in [4.78, 5) is 0. The molecule has 2 aliphatic rings. The molecule has 0 saturated heterocycles. The van der Waals surface area contributed by atoms with Crippen LogP contribution in [0.3, 0.4) is 0 Å². The Labute approximate surface area is 96.8 Å². The monoisotopic (exact) mass is 217 g/mol. The smallest absolute Gasteiger partial charge is 0.124 e. The number of nitrogens with two attached hydrogens (primary N) is 1. The lowest BCUT2D eigenvalue weighted by Crippen LogP contribution is -2.33. The Morgan fingerprint density at radius 2 is 2.12 bits per heavy atom. The van der Waals surface area contributed by atoms with Gasteiger partial charge in [-0.3, -0.25) is 0 Å². The van der Waals surface area contributed by atoms with E-state index in [0.29, 0.717) is 5.92 Å². The summed E-state index contributed by atoms with van der Waals surface area (Å²) in [5.74, 6) is 1.55. The fraction of sp³-hybridized carbons (Fsp3) is 0.571. The van der Waals surface area contributed by atoms with Gasteiger partial charge in [-0.15, -0.1) is 0 Å². The molecular formula is C14H19NO. The highest BCUT2D eigenvalue weighted by Crippen LogP contribution is 2.57. The number of hydrogen-bond donors (Lipinski definition) is 1. The molecule has 16 heavy (non-hydrogen) atoms. The highest BCUT2D eigenvalue weighted by Gasteiger charge is 2.52. The average Bonchev–Trinajstić information content (AvgIpc) is 3.05. The fourth-order valence-corrected chi connectivity index (χ4v) is 2.56. The van der Waals surface area contributed by atoms with Gasteiger partial charge in [-0.05, 0) is 30.4 Å². The molecule has 1 atom stereocenters. The lowest BCUT2D eigenvalue weighted by atomic mass is 9.86. The van der Waals surface area contributed by atoms with E-state index in [-0.39, 0.29) is 11.5 Å². The Bertz CT molecular complexity index is 421. The first-order chi connectivity index (χ1) is 7.62. The van der Waals surface area contributed by atoms with Crippen LogP contribution in [-0.4, -0.2) is 6.61 Å². The summed E-state index contributed by atoms with van der Waals surface area (Å²) >= 11 is 0. The van der Waals surface area contributed by atoms with Crippen LogP contribution in [0, 0.1) is 5.41 Å². The van der Waals surface area contributed by atoms with Crippen LogP contribution in [0.2, 0.25) is 0 Å². The Balaban J connectivity index is 2.03. The van der Waals surface area contributed by atoms with Crippen molar-refractivity contribution in [2.75, 3.05) is 6.61 Å². The SMILES string of the molecule is CC(C)c1ccc2c(c1)C(N)C1(CC1)CO2. The second kappa shape index (κ2) is 3.24. The van der Waals surface area contributed by atoms with Crippen LogP contribution in [0.5, 0.6) is 5.75 Å². The summed E-state index contributed by atoms with van der Waals surface area (Å²) < 4.78 is 5.83. The van der Waals surface area contributed by atoms with E-state index in [9.17, 15) is 0 Å². The molecule has 1 spiro atoms. The third-order valence-corrected chi connectivity index (χ3v) is 4.10. The topological polar surface area (TPSA) is 35.2 Å². The van der Waals surface area contributed by atoms with Crippen molar-refractivity contribution >= 4 is 0 Å². The van der Waals surface area contributed by atoms with Crippen molar-refractivity contribution in [2.45, 2.75) is 38.6 Å². The van der Waals surface area contributed by atoms with Crippen molar-refractivity contribution < 1.29 is 4.74 Å². The largest absolute Gasteiger partial charge is 0.493 e. The van der Waals surface area contributed by atoms with Crippen molar-refractivity contribution in [3.05, 3.63) is 29.3 Å². The fourth-order valence-electron chi connectivity index (χ4n) is 2.56. The number of ether oxygens (including phenoxy) is 1. The van der Waals surface area contributed by atoms with Crippen molar-refractivity contribution in [2.24, 2.45) is 11.1 Å². The molecule has 2 nitrogen and oxygen atoms in total. The van der Waals surface area contributed by atoms with E-state index in [0.717, 1.165) is 12.4 Å². The zero-order valence-corrected chi connectivity index (χ0v) is 9.99. The molecule has 1 unspecified atom stereocenters. The predicted molar refractivity (Wildman–Crippen MR) is 64.6 cm³/mol. The summed E-state index contributed by atoms with van der Waals surface area (Å²) in [5, 5.41) is 0. The van der Waals surface area contributed by atoms with Gasteiger partial charge in [0.1, 0.15) is 5.75 Å². The van der Waals surface area contributed by atoms with Gasteiger partial charge in [0, 0.05) is 17.0 Å². The van der Waals surface area contributed by atoms with Crippen LogP contribution < -0.4 is 10.5 Å². The lowest BCUT2D eigenvalue weighted by molar-refractivity contribution is 0.177. The van der Waals surface area contributed by atoms with Crippen LogP contribution in [0.1, 0.15) is 49.8 Å². The van der Waals surface area contributed by atoms with Gasteiger partial charge in [-0.1, -0.05) is 26.0 Å². The van der Waals surface area contributed by atoms with Crippen molar-refractivity contribution in [3.8, 4) is 5.75 Å². The van der Waals surface area contributed by atoms with Gasteiger partial charge in [0.05, 0.1) is 6.61 Å². The maximum atomic E-state index is 6.38. The van der Waals surface area contributed by atoms with Gasteiger partial charge in [-0.25, -0.2) is 0 Å². The number of rotatable bonds is 1. The van der Waals surface area contributed by atoms with Crippen LogP contribution in [0.4, 0.5) is 0 Å². The van der Waals surface area contributed by atoms with E-state index in [1.165, 1.54) is 24.0 Å². The van der Waals surface area contributed by atoms with E-state index in [1.54, 1.807) is 0 Å². The summed E-state index contributed by atoms with van der Waals surface area (Å²) in [6.07, 6.45) is 2.44. The summed E-state index contributed by atoms with van der Waals surface area (Å²) in [7, 11) is 0. The van der Waals surface area contributed by atoms with Gasteiger partial charge in [-0.2, -0.15) is 0 Å². The van der Waals surface area contributed by atoms with Gasteiger partial charge in [0.25, 0.3) is 0 Å². The molecule has 0 amide bonds. The molecule has 86 valence electrons. The van der Waals surface area contributed by atoms with Crippen LogP contribution in [0.25, 0.3) is 0 Å². The zero-order valence-electron chi connectivity index (χ0n) is 9.99. The first-order valence-electron chi connectivity index (χ1n) is 6.15. The van der Waals surface area contributed by atoms with Gasteiger partial charge < -0.3 is 10.5 Å². The molecule has 0 radical (unpaired) electrons. The zero-order chi connectivity index (χ0) is 11.3. The maximum Gasteiger partial charge on any atom is 0.124 e. The normalized spacial score (nSPS) is 25.4. The highest BCUT2D eigenvalue weighted by atomic mass is 16.5. The van der Waals surface area contributed by atoms with Crippen LogP contribution in [0.15, 0.2) is 18.2 Å². The number of hydrogen-bond acceptors (Lipinski definition) is 2. The Morgan fingerprint density at radius 3 is 2.75 bits per heavy atom. The molecule has 1 aliphatic heterocycles. The third kappa shape index (κ3) is 1.36. The first kappa shape index (κ1) is 10.2. The predicted octanol–water partition coefficient (Wildman–Crippen LogP) is 2.98. The first-order valence-corrected chi connectivity index (χ1v) is 6.15. The Morgan fingerprint density at radius 1 is 1.38 bits per heavy atom. The minimum atomic E-state index is 0.176. The third-order valence-electron chi connectivity index (χ3n) is 4.10. The van der Waals surface area contributed by atoms with Crippen molar-refractivity contribution in [1.82, 2.24) is 0 Å². The van der Waals surface area contributed by atoms with E-state index < -0.39 is 0 Å². The molecule has 2 heteroatoms. The van der Waals surface area contributed by atoms with E-state index >= 15 is 0 Å². The molecule has 1 fully saturated rings. The second-order valence-electron chi connectivity index (χ2n) is 5.58. The summed E-state index contributed by atoms with van der Waals surface area (Å²) in [5.41, 5.74) is 9.22. The molecule has 3 rings (SSSR count). The molecule has 1 aromatic carbocycles. The standard InChI is InChI=1S/C14H19NO/c1-9(2)10-3-4-12-11(7-10)13(15)14(5-6-14)8-16-12/h3-4,7,9,13H,5-6,8,15H2,1-2H3. The number of fused-ring (bicyclic) bond motifs is 1. The average molecular weight is 217 g/mol. The van der Waals surface area contributed by atoms with Crippen LogP contribution >= 0.6 is 0 Å². The summed E-state index contributed by atoms with van der Waals surface area (Å²) in [6.45, 7) is 5.23. The lowest BCUT2D eigenvalue weighted by Gasteiger charge is -2.32. The molecule has 1 saturated carbocycles. The molecule has 2 N–H and O–H groups in total. The minimum Gasteiger partial charge on any atom is -0.493 e. The van der Waals surface area contributed by atoms with Crippen LogP contribution in [-0.2, 0) is 0 Å². The second-order valence-corrected chi connectivity index (χ2v) is 5.58. The molecule has 1 aromatic rings. The van der Waals surface area contributed by atoms with Gasteiger partial charge in [0.2, 0.25) is 0 Å². The van der Waals surface area contributed by atoms with Gasteiger partial charge in [0.15, 0.2) is 0 Å². The molecule has 1 aliphatic carbocycles. The van der Waals surface area contributed by atoms with Crippen molar-refractivity contribution in [1.29, 1.82) is 0 Å². The molecule has 0 aromatic heterocycles. The quantitative estimate of drug-likeness (QED) is 0.785.